The number of nitrogens with one attached hydrogen (secondary N) is 1. The largest absolute Gasteiger partial charge is 0.412 e. The normalized spacial score (nSPS) is 17.9. The van der Waals surface area contributed by atoms with Gasteiger partial charge in [-0.3, -0.25) is 0 Å². The quantitative estimate of drug-likeness (QED) is 0.233. The molecule has 3 N–H and O–H groups in total. The maximum atomic E-state index is 12.8. The van der Waals surface area contributed by atoms with Crippen molar-refractivity contribution in [3.8, 4) is 0 Å². The molecule has 0 spiro atoms. The van der Waals surface area contributed by atoms with Gasteiger partial charge in [-0.2, -0.15) is 0 Å². The average molecular weight is 490 g/mol. The molecule has 190 valence electrons. The number of amidine groups is 1. The van der Waals surface area contributed by atoms with Gasteiger partial charge in [0.05, 0.1) is 0 Å². The molecule has 34 heavy (non-hydrogen) atoms. The SMILES string of the molecule is C=CC(C/C=C/C)CC1=CC=C(F)CC1.CCCCCNCCC1=C(C)N=C2SC=CN2C1.O. The van der Waals surface area contributed by atoms with E-state index in [2.05, 4.69) is 59.4 Å². The van der Waals surface area contributed by atoms with Gasteiger partial charge in [0.15, 0.2) is 5.17 Å². The van der Waals surface area contributed by atoms with E-state index in [1.54, 1.807) is 17.8 Å². The summed E-state index contributed by atoms with van der Waals surface area (Å²) in [4.78, 5) is 6.89. The third-order valence-electron chi connectivity index (χ3n) is 6.07. The molecule has 2 aliphatic heterocycles. The monoisotopic (exact) mass is 489 g/mol. The zero-order valence-electron chi connectivity index (χ0n) is 21.3. The van der Waals surface area contributed by atoms with E-state index in [0.717, 1.165) is 50.5 Å². The molecule has 3 aliphatic rings. The smallest absolute Gasteiger partial charge is 0.172 e. The van der Waals surface area contributed by atoms with Crippen molar-refractivity contribution >= 4 is 16.9 Å². The molecule has 0 bridgehead atoms. The number of allylic oxidation sites excluding steroid dienone is 8. The van der Waals surface area contributed by atoms with Gasteiger partial charge in [-0.15, -0.1) is 6.58 Å². The van der Waals surface area contributed by atoms with Crippen molar-refractivity contribution in [3.05, 3.63) is 71.2 Å². The molecular formula is C28H44FN3OS. The summed E-state index contributed by atoms with van der Waals surface area (Å²) < 4.78 is 12.8. The third kappa shape index (κ3) is 11.0. The Morgan fingerprint density at radius 1 is 1.26 bits per heavy atom. The lowest BCUT2D eigenvalue weighted by Crippen LogP contribution is -2.28. The molecule has 2 heterocycles. The molecule has 0 aromatic rings. The van der Waals surface area contributed by atoms with Crippen LogP contribution in [0, 0.1) is 5.92 Å². The van der Waals surface area contributed by atoms with Crippen molar-refractivity contribution in [2.45, 2.75) is 72.1 Å². The molecule has 1 unspecified atom stereocenters. The van der Waals surface area contributed by atoms with Crippen molar-refractivity contribution in [3.63, 3.8) is 0 Å². The first-order valence-corrected chi connectivity index (χ1v) is 13.3. The summed E-state index contributed by atoms with van der Waals surface area (Å²) in [5.41, 5.74) is 4.02. The molecule has 3 rings (SSSR count). The van der Waals surface area contributed by atoms with Gasteiger partial charge in [-0.05, 0) is 82.0 Å². The molecule has 1 atom stereocenters. The van der Waals surface area contributed by atoms with Crippen molar-refractivity contribution in [2.24, 2.45) is 10.9 Å². The van der Waals surface area contributed by atoms with Crippen LogP contribution in [-0.2, 0) is 0 Å². The van der Waals surface area contributed by atoms with Crippen molar-refractivity contribution in [1.29, 1.82) is 0 Å². The van der Waals surface area contributed by atoms with Crippen molar-refractivity contribution in [2.75, 3.05) is 19.6 Å². The molecule has 0 saturated heterocycles. The molecule has 0 aromatic heterocycles. The maximum absolute atomic E-state index is 12.8. The molecule has 1 aliphatic carbocycles. The number of nitrogens with zero attached hydrogens (tertiary/aromatic N) is 2. The first kappa shape index (κ1) is 30.1. The van der Waals surface area contributed by atoms with Crippen molar-refractivity contribution < 1.29 is 9.87 Å². The fraction of sp³-hybridized carbons (Fsp3) is 0.536. The van der Waals surface area contributed by atoms with Crippen LogP contribution in [0.3, 0.4) is 0 Å². The second-order valence-corrected chi connectivity index (χ2v) is 9.64. The maximum Gasteiger partial charge on any atom is 0.172 e. The second kappa shape index (κ2) is 17.5. The fourth-order valence-corrected chi connectivity index (χ4v) is 4.69. The number of aliphatic imine (C=N–C) groups is 1. The van der Waals surface area contributed by atoms with Crippen LogP contribution in [0.2, 0.25) is 0 Å². The Labute approximate surface area is 210 Å². The van der Waals surface area contributed by atoms with E-state index in [4.69, 9.17) is 0 Å². The number of hydrogen-bond acceptors (Lipinski definition) is 4. The van der Waals surface area contributed by atoms with Gasteiger partial charge in [0.2, 0.25) is 0 Å². The Bertz CT molecular complexity index is 810. The van der Waals surface area contributed by atoms with Crippen molar-refractivity contribution in [1.82, 2.24) is 10.2 Å². The van der Waals surface area contributed by atoms with E-state index < -0.39 is 0 Å². The van der Waals surface area contributed by atoms with Gasteiger partial charge in [0.1, 0.15) is 5.83 Å². The van der Waals surface area contributed by atoms with Crippen LogP contribution in [0.15, 0.2) is 76.2 Å². The van der Waals surface area contributed by atoms with Gasteiger partial charge in [-0.25, -0.2) is 9.38 Å². The lowest BCUT2D eigenvalue weighted by atomic mass is 9.91. The average Bonchev–Trinajstić information content (AvgIpc) is 3.27. The van der Waals surface area contributed by atoms with Gasteiger partial charge in [0, 0.05) is 24.9 Å². The number of rotatable bonds is 12. The van der Waals surface area contributed by atoms with Crippen LogP contribution in [0.4, 0.5) is 4.39 Å². The minimum absolute atomic E-state index is 0. The molecule has 4 nitrogen and oxygen atoms in total. The minimum atomic E-state index is 0. The zero-order valence-corrected chi connectivity index (χ0v) is 22.1. The minimum Gasteiger partial charge on any atom is -0.412 e. The van der Waals surface area contributed by atoms with Crippen LogP contribution in [0.25, 0.3) is 0 Å². The standard InChI is InChI=1S/C14H19F.C14H23N3S.H2O/c1-3-5-6-12(4-2)11-13-7-9-14(15)10-8-13;1-3-4-5-7-15-8-6-13-11-17-9-10-18-14(17)16-12(13)2;/h3-5,7,9,12H,2,6,8,10-11H2,1H3;9-10,15H,3-8,11H2,1-2H3;1H2/b5-3+;;. The predicted molar refractivity (Wildman–Crippen MR) is 148 cm³/mol. The summed E-state index contributed by atoms with van der Waals surface area (Å²) in [7, 11) is 0. The summed E-state index contributed by atoms with van der Waals surface area (Å²) in [6, 6.07) is 0. The lowest BCUT2D eigenvalue weighted by molar-refractivity contribution is 0.563. The van der Waals surface area contributed by atoms with Gasteiger partial charge in [0.25, 0.3) is 0 Å². The van der Waals surface area contributed by atoms with E-state index >= 15 is 0 Å². The van der Waals surface area contributed by atoms with Gasteiger partial charge >= 0.3 is 0 Å². The highest BCUT2D eigenvalue weighted by atomic mass is 32.2. The number of thioether (sulfide) groups is 1. The van der Waals surface area contributed by atoms with E-state index in [0.29, 0.717) is 12.3 Å². The van der Waals surface area contributed by atoms with Crippen LogP contribution in [0.5, 0.6) is 0 Å². The van der Waals surface area contributed by atoms with Gasteiger partial charge in [-0.1, -0.05) is 61.4 Å². The molecule has 6 heteroatoms. The predicted octanol–water partition coefficient (Wildman–Crippen LogP) is 7.21. The first-order chi connectivity index (χ1) is 16.1. The Morgan fingerprint density at radius 3 is 2.76 bits per heavy atom. The Hall–Kier alpha value is -1.89. The molecule has 0 saturated carbocycles. The van der Waals surface area contributed by atoms with E-state index in [1.165, 1.54) is 36.1 Å². The van der Waals surface area contributed by atoms with E-state index in [-0.39, 0.29) is 11.3 Å². The highest BCUT2D eigenvalue weighted by molar-refractivity contribution is 8.16. The second-order valence-electron chi connectivity index (χ2n) is 8.76. The van der Waals surface area contributed by atoms with Crippen LogP contribution >= 0.6 is 11.8 Å². The fourth-order valence-electron chi connectivity index (χ4n) is 3.91. The summed E-state index contributed by atoms with van der Waals surface area (Å²) >= 11 is 1.72. The van der Waals surface area contributed by atoms with Gasteiger partial charge < -0.3 is 15.7 Å². The van der Waals surface area contributed by atoms with E-state index in [1.807, 2.05) is 19.1 Å². The third-order valence-corrected chi connectivity index (χ3v) is 6.87. The first-order valence-electron chi connectivity index (χ1n) is 12.4. The van der Waals surface area contributed by atoms with Crippen LogP contribution in [-0.4, -0.2) is 35.2 Å². The Morgan fingerprint density at radius 2 is 2.09 bits per heavy atom. The topological polar surface area (TPSA) is 59.1 Å². The highest BCUT2D eigenvalue weighted by Gasteiger charge is 2.21. The summed E-state index contributed by atoms with van der Waals surface area (Å²) in [6.07, 6.45) is 20.4. The lowest BCUT2D eigenvalue weighted by Gasteiger charge is -2.24. The van der Waals surface area contributed by atoms with E-state index in [9.17, 15) is 4.39 Å². The molecule has 0 fully saturated rings. The van der Waals surface area contributed by atoms with Crippen LogP contribution in [0.1, 0.15) is 72.1 Å². The van der Waals surface area contributed by atoms with Crippen LogP contribution < -0.4 is 5.32 Å². The number of fused-ring (bicyclic) bond motifs is 1. The summed E-state index contributed by atoms with van der Waals surface area (Å²) in [5.74, 6) is 0.490. The number of hydrogen-bond donors (Lipinski definition) is 1. The summed E-state index contributed by atoms with van der Waals surface area (Å²) in [6.45, 7) is 13.5. The Balaban J connectivity index is 0.000000336. The number of halogens is 1. The number of unbranched alkanes of at least 4 members (excludes halogenated alkanes) is 2. The zero-order chi connectivity index (χ0) is 23.9. The molecular weight excluding hydrogens is 445 g/mol. The summed E-state index contributed by atoms with van der Waals surface area (Å²) in [5, 5.41) is 6.76. The molecule has 0 aromatic carbocycles. The Kier molecular flexibility index (Phi) is 15.5. The molecule has 0 radical (unpaired) electrons. The molecule has 0 amide bonds. The highest BCUT2D eigenvalue weighted by Crippen LogP contribution is 2.28.